The van der Waals surface area contributed by atoms with E-state index in [1.807, 2.05) is 0 Å². The molecule has 1 saturated heterocycles. The molecule has 10 heteroatoms. The molecule has 1 amide bonds. The molecule has 0 saturated carbocycles. The van der Waals surface area contributed by atoms with Gasteiger partial charge in [0.2, 0.25) is 5.17 Å². The van der Waals surface area contributed by atoms with Crippen molar-refractivity contribution in [2.75, 3.05) is 13.1 Å². The van der Waals surface area contributed by atoms with Crippen LogP contribution in [0.25, 0.3) is 6.08 Å². The molecule has 0 aliphatic carbocycles. The topological polar surface area (TPSA) is 98.4 Å². The fourth-order valence-electron chi connectivity index (χ4n) is 3.57. The molecule has 0 bridgehead atoms. The summed E-state index contributed by atoms with van der Waals surface area (Å²) in [6.45, 7) is 1.84. The Labute approximate surface area is 199 Å². The second-order valence-electron chi connectivity index (χ2n) is 7.56. The van der Waals surface area contributed by atoms with E-state index in [0.29, 0.717) is 27.1 Å². The van der Waals surface area contributed by atoms with Gasteiger partial charge in [-0.3, -0.25) is 10.2 Å². The van der Waals surface area contributed by atoms with E-state index >= 15 is 0 Å². The Kier molecular flexibility index (Phi) is 5.74. The number of nitrogens with one attached hydrogen (secondary N) is 1. The molecule has 3 aliphatic heterocycles. The van der Waals surface area contributed by atoms with Crippen LogP contribution in [0.1, 0.15) is 28.8 Å². The van der Waals surface area contributed by atoms with Crippen LogP contribution in [0.2, 0.25) is 5.02 Å². The number of carbonyl (C=O) groups is 2. The fourth-order valence-corrected chi connectivity index (χ4v) is 4.64. The first-order valence-electron chi connectivity index (χ1n) is 10.3. The molecule has 1 fully saturated rings. The number of esters is 1. The van der Waals surface area contributed by atoms with Crippen molar-refractivity contribution in [3.8, 4) is 5.75 Å². The summed E-state index contributed by atoms with van der Waals surface area (Å²) in [6.07, 6.45) is 3.81. The zero-order chi connectivity index (χ0) is 22.9. The molecule has 0 aromatic heterocycles. The maximum Gasteiger partial charge on any atom is 0.343 e. The van der Waals surface area contributed by atoms with Gasteiger partial charge in [0.05, 0.1) is 11.1 Å². The zero-order valence-corrected chi connectivity index (χ0v) is 18.9. The molecule has 5 rings (SSSR count). The standard InChI is InChI=1S/C23H18ClN5O3S/c24-16-7-5-15(6-8-16)21(31)32-17-9-3-14(4-10-17)13-18-19(25)29-22(26-20(18)30)33-23(27-29)28-11-1-2-12-28/h3-10,13,25H,1-2,11-12H2/b18-13-,25-19?. The summed E-state index contributed by atoms with van der Waals surface area (Å²) in [5.74, 6) is -0.625. The van der Waals surface area contributed by atoms with Crippen LogP contribution in [-0.4, -0.2) is 51.0 Å². The van der Waals surface area contributed by atoms with E-state index < -0.39 is 11.9 Å². The van der Waals surface area contributed by atoms with Gasteiger partial charge in [0.15, 0.2) is 11.0 Å². The van der Waals surface area contributed by atoms with Crippen LogP contribution in [0, 0.1) is 5.41 Å². The number of fused-ring (bicyclic) bond motifs is 1. The van der Waals surface area contributed by atoms with Crippen LogP contribution in [0.3, 0.4) is 0 Å². The number of aliphatic imine (C=N–C) groups is 1. The van der Waals surface area contributed by atoms with Crippen LogP contribution in [0.5, 0.6) is 5.75 Å². The van der Waals surface area contributed by atoms with E-state index in [2.05, 4.69) is 15.0 Å². The van der Waals surface area contributed by atoms with Gasteiger partial charge in [0.25, 0.3) is 5.91 Å². The van der Waals surface area contributed by atoms with Crippen LogP contribution in [0.4, 0.5) is 0 Å². The van der Waals surface area contributed by atoms with Crippen LogP contribution in [-0.2, 0) is 4.79 Å². The van der Waals surface area contributed by atoms with E-state index in [1.165, 1.54) is 16.8 Å². The Morgan fingerprint density at radius 3 is 2.45 bits per heavy atom. The highest BCUT2D eigenvalue weighted by Gasteiger charge is 2.37. The van der Waals surface area contributed by atoms with E-state index in [0.717, 1.165) is 31.1 Å². The third-order valence-corrected chi connectivity index (χ3v) is 6.52. The predicted molar refractivity (Wildman–Crippen MR) is 129 cm³/mol. The minimum atomic E-state index is -0.498. The minimum Gasteiger partial charge on any atom is -0.423 e. The van der Waals surface area contributed by atoms with Crippen molar-refractivity contribution in [2.45, 2.75) is 12.8 Å². The first-order valence-corrected chi connectivity index (χ1v) is 11.5. The smallest absolute Gasteiger partial charge is 0.343 e. The number of halogens is 1. The van der Waals surface area contributed by atoms with E-state index in [9.17, 15) is 9.59 Å². The lowest BCUT2D eigenvalue weighted by atomic mass is 10.1. The van der Waals surface area contributed by atoms with Gasteiger partial charge in [-0.1, -0.05) is 23.7 Å². The number of nitrogens with zero attached hydrogens (tertiary/aromatic N) is 4. The molecule has 0 spiro atoms. The number of hydrazone groups is 1. The lowest BCUT2D eigenvalue weighted by Crippen LogP contribution is -2.35. The second kappa shape index (κ2) is 8.84. The van der Waals surface area contributed by atoms with Gasteiger partial charge in [-0.15, -0.1) is 5.10 Å². The van der Waals surface area contributed by atoms with E-state index in [1.54, 1.807) is 54.6 Å². The van der Waals surface area contributed by atoms with Gasteiger partial charge in [-0.2, -0.15) is 10.0 Å². The number of hydrogen-bond acceptors (Lipinski definition) is 7. The highest BCUT2D eigenvalue weighted by molar-refractivity contribution is 8.26. The summed E-state index contributed by atoms with van der Waals surface area (Å²) in [5.41, 5.74) is 1.21. The van der Waals surface area contributed by atoms with Crippen molar-refractivity contribution in [1.29, 1.82) is 5.41 Å². The van der Waals surface area contributed by atoms with Crippen LogP contribution >= 0.6 is 23.4 Å². The van der Waals surface area contributed by atoms with Gasteiger partial charge >= 0.3 is 5.97 Å². The van der Waals surface area contributed by atoms with E-state index in [4.69, 9.17) is 21.7 Å². The van der Waals surface area contributed by atoms with E-state index in [-0.39, 0.29) is 11.4 Å². The molecule has 0 radical (unpaired) electrons. The van der Waals surface area contributed by atoms with Crippen LogP contribution < -0.4 is 4.74 Å². The SMILES string of the molecule is N=C1/C(=C/c2ccc(OC(=O)c3ccc(Cl)cc3)cc2)C(=O)N=C2SC(N3CCCC3)=NN12. The summed E-state index contributed by atoms with van der Waals surface area (Å²) in [6, 6.07) is 13.1. The minimum absolute atomic E-state index is 0.00932. The maximum absolute atomic E-state index is 12.6. The number of benzene rings is 2. The Balaban J connectivity index is 1.31. The monoisotopic (exact) mass is 479 g/mol. The molecular weight excluding hydrogens is 462 g/mol. The third kappa shape index (κ3) is 4.42. The lowest BCUT2D eigenvalue weighted by Gasteiger charge is -2.20. The molecular formula is C23H18ClN5O3S. The number of amidine groups is 3. The average Bonchev–Trinajstić information content (AvgIpc) is 3.48. The summed E-state index contributed by atoms with van der Waals surface area (Å²) in [5, 5.41) is 16.1. The number of hydrogen-bond donors (Lipinski definition) is 1. The quantitative estimate of drug-likeness (QED) is 0.402. The summed E-state index contributed by atoms with van der Waals surface area (Å²) in [4.78, 5) is 31.1. The Morgan fingerprint density at radius 1 is 1.06 bits per heavy atom. The Bertz CT molecular complexity index is 1230. The van der Waals surface area contributed by atoms with Crippen molar-refractivity contribution in [3.63, 3.8) is 0 Å². The van der Waals surface area contributed by atoms with Gasteiger partial charge in [0, 0.05) is 18.1 Å². The molecule has 3 heterocycles. The third-order valence-electron chi connectivity index (χ3n) is 5.30. The number of ether oxygens (including phenoxy) is 1. The molecule has 33 heavy (non-hydrogen) atoms. The van der Waals surface area contributed by atoms with Crippen molar-refractivity contribution >= 4 is 57.5 Å². The average molecular weight is 480 g/mol. The maximum atomic E-state index is 12.6. The molecule has 2 aromatic carbocycles. The van der Waals surface area contributed by atoms with Crippen molar-refractivity contribution < 1.29 is 14.3 Å². The van der Waals surface area contributed by atoms with Crippen molar-refractivity contribution in [3.05, 3.63) is 70.3 Å². The highest BCUT2D eigenvalue weighted by atomic mass is 35.5. The van der Waals surface area contributed by atoms with Crippen molar-refractivity contribution in [1.82, 2.24) is 9.91 Å². The molecule has 8 nitrogen and oxygen atoms in total. The Morgan fingerprint density at radius 2 is 1.76 bits per heavy atom. The molecule has 0 unspecified atom stereocenters. The van der Waals surface area contributed by atoms with Crippen LogP contribution in [0.15, 0.2) is 64.2 Å². The number of carbonyl (C=O) groups excluding carboxylic acids is 2. The molecule has 3 aliphatic rings. The number of thioether (sulfide) groups is 1. The van der Waals surface area contributed by atoms with Crippen molar-refractivity contribution in [2.24, 2.45) is 10.1 Å². The van der Waals surface area contributed by atoms with Gasteiger partial charge in [-0.05, 0) is 72.6 Å². The molecule has 1 N–H and O–H groups in total. The lowest BCUT2D eigenvalue weighted by molar-refractivity contribution is -0.114. The summed E-state index contributed by atoms with van der Waals surface area (Å²) < 4.78 is 5.38. The number of amides is 1. The zero-order valence-electron chi connectivity index (χ0n) is 17.3. The summed E-state index contributed by atoms with van der Waals surface area (Å²) >= 11 is 7.16. The van der Waals surface area contributed by atoms with Gasteiger partial charge in [0.1, 0.15) is 5.75 Å². The number of likely N-dealkylation sites (tertiary alicyclic amines) is 1. The first-order chi connectivity index (χ1) is 16.0. The Hall–Kier alpha value is -3.43. The molecule has 166 valence electrons. The largest absolute Gasteiger partial charge is 0.423 e. The second-order valence-corrected chi connectivity index (χ2v) is 8.93. The number of rotatable bonds is 3. The van der Waals surface area contributed by atoms with Gasteiger partial charge in [-0.25, -0.2) is 4.79 Å². The molecule has 2 aromatic rings. The molecule has 0 atom stereocenters. The normalized spacial score (nSPS) is 19.0. The van der Waals surface area contributed by atoms with Gasteiger partial charge < -0.3 is 9.64 Å². The predicted octanol–water partition coefficient (Wildman–Crippen LogP) is 4.23. The highest BCUT2D eigenvalue weighted by Crippen LogP contribution is 2.31. The summed E-state index contributed by atoms with van der Waals surface area (Å²) in [7, 11) is 0. The first kappa shape index (κ1) is 21.4. The fraction of sp³-hybridized carbons (Fsp3) is 0.174.